The van der Waals surface area contributed by atoms with Crippen molar-refractivity contribution in [1.29, 1.82) is 0 Å². The predicted molar refractivity (Wildman–Crippen MR) is 79.1 cm³/mol. The molecule has 0 N–H and O–H groups in total. The molecule has 2 aliphatic heterocycles. The van der Waals surface area contributed by atoms with Crippen molar-refractivity contribution in [2.24, 2.45) is 5.92 Å². The van der Waals surface area contributed by atoms with E-state index in [4.69, 9.17) is 0 Å². The largest absolute Gasteiger partial charge is 0.298 e. The molecule has 0 aromatic rings. The van der Waals surface area contributed by atoms with E-state index in [2.05, 4.69) is 23.6 Å². The van der Waals surface area contributed by atoms with Gasteiger partial charge in [0.05, 0.1) is 5.75 Å². The molecule has 4 nitrogen and oxygen atoms in total. The van der Waals surface area contributed by atoms with Crippen LogP contribution in [0.2, 0.25) is 0 Å². The molecule has 0 saturated carbocycles. The van der Waals surface area contributed by atoms with E-state index in [-0.39, 0.29) is 0 Å². The van der Waals surface area contributed by atoms with Gasteiger partial charge in [-0.15, -0.1) is 0 Å². The first-order chi connectivity index (χ1) is 8.87. The van der Waals surface area contributed by atoms with E-state index in [0.717, 1.165) is 19.5 Å². The maximum Gasteiger partial charge on any atom is 0.147 e. The summed E-state index contributed by atoms with van der Waals surface area (Å²) in [4.78, 5) is 5.18. The third-order valence-corrected chi connectivity index (χ3v) is 5.60. The summed E-state index contributed by atoms with van der Waals surface area (Å²) in [6.45, 7) is 9.05. The van der Waals surface area contributed by atoms with Gasteiger partial charge in [-0.3, -0.25) is 9.80 Å². The van der Waals surface area contributed by atoms with Crippen LogP contribution in [0.5, 0.6) is 0 Å². The van der Waals surface area contributed by atoms with Gasteiger partial charge in [-0.05, 0) is 38.3 Å². The van der Waals surface area contributed by atoms with Crippen LogP contribution in [0.1, 0.15) is 33.1 Å². The zero-order chi connectivity index (χ0) is 14.0. The van der Waals surface area contributed by atoms with E-state index < -0.39 is 9.84 Å². The molecule has 0 radical (unpaired) electrons. The second kappa shape index (κ2) is 6.10. The van der Waals surface area contributed by atoms with Crippen LogP contribution in [0.25, 0.3) is 0 Å². The van der Waals surface area contributed by atoms with Crippen LogP contribution in [0.15, 0.2) is 0 Å². The van der Waals surface area contributed by atoms with Crippen LogP contribution in [-0.2, 0) is 9.84 Å². The summed E-state index contributed by atoms with van der Waals surface area (Å²) in [5.41, 5.74) is 0. The molecule has 2 atom stereocenters. The Balaban J connectivity index is 1.92. The van der Waals surface area contributed by atoms with Crippen molar-refractivity contribution < 1.29 is 8.42 Å². The van der Waals surface area contributed by atoms with Gasteiger partial charge >= 0.3 is 0 Å². The molecule has 0 aliphatic carbocycles. The van der Waals surface area contributed by atoms with Gasteiger partial charge in [-0.25, -0.2) is 8.42 Å². The van der Waals surface area contributed by atoms with Crippen LogP contribution < -0.4 is 0 Å². The highest BCUT2D eigenvalue weighted by Gasteiger charge is 2.36. The minimum atomic E-state index is -2.82. The number of nitrogens with zero attached hydrogens (tertiary/aromatic N) is 2. The van der Waals surface area contributed by atoms with Crippen LogP contribution >= 0.6 is 0 Å². The Kier molecular flexibility index (Phi) is 4.90. The monoisotopic (exact) mass is 288 g/mol. The third kappa shape index (κ3) is 4.17. The molecule has 2 rings (SSSR count). The summed E-state index contributed by atoms with van der Waals surface area (Å²) < 4.78 is 22.5. The molecule has 0 bridgehead atoms. The summed E-state index contributed by atoms with van der Waals surface area (Å²) in [5, 5.41) is 0. The van der Waals surface area contributed by atoms with Crippen molar-refractivity contribution in [3.8, 4) is 0 Å². The molecule has 112 valence electrons. The number of hydrogen-bond acceptors (Lipinski definition) is 4. The standard InChI is InChI=1S/C14H28N2O2S/c1-12(2)14-11-15-7-4-6-13(15)10-16(14)8-5-9-19(3,17)18/h12-14H,4-11H2,1-3H3. The minimum Gasteiger partial charge on any atom is -0.298 e. The van der Waals surface area contributed by atoms with E-state index in [1.165, 1.54) is 32.2 Å². The normalized spacial score (nSPS) is 29.9. The Labute approximate surface area is 118 Å². The number of piperazine rings is 1. The maximum absolute atomic E-state index is 11.2. The van der Waals surface area contributed by atoms with Crippen molar-refractivity contribution in [1.82, 2.24) is 9.80 Å². The second-order valence-corrected chi connectivity index (χ2v) is 8.84. The van der Waals surface area contributed by atoms with Crippen molar-refractivity contribution in [3.63, 3.8) is 0 Å². The van der Waals surface area contributed by atoms with Crippen molar-refractivity contribution >= 4 is 9.84 Å². The van der Waals surface area contributed by atoms with Crippen molar-refractivity contribution in [2.75, 3.05) is 38.2 Å². The van der Waals surface area contributed by atoms with Gasteiger partial charge in [0, 0.05) is 31.4 Å². The maximum atomic E-state index is 11.2. The number of hydrogen-bond donors (Lipinski definition) is 0. The van der Waals surface area contributed by atoms with Gasteiger partial charge in [0.2, 0.25) is 0 Å². The summed E-state index contributed by atoms with van der Waals surface area (Å²) >= 11 is 0. The molecule has 0 spiro atoms. The SMILES string of the molecule is CC(C)C1CN2CCCC2CN1CCCS(C)(=O)=O. The molecular formula is C14H28N2O2S. The summed E-state index contributed by atoms with van der Waals surface area (Å²) in [5.74, 6) is 0.961. The lowest BCUT2D eigenvalue weighted by Crippen LogP contribution is -2.58. The highest BCUT2D eigenvalue weighted by Crippen LogP contribution is 2.27. The Morgan fingerprint density at radius 3 is 2.63 bits per heavy atom. The summed E-state index contributed by atoms with van der Waals surface area (Å²) in [6, 6.07) is 1.31. The molecule has 2 unspecified atom stereocenters. The molecule has 2 heterocycles. The molecule has 0 amide bonds. The molecule has 2 fully saturated rings. The molecule has 19 heavy (non-hydrogen) atoms. The van der Waals surface area contributed by atoms with Crippen molar-refractivity contribution in [2.45, 2.75) is 45.2 Å². The highest BCUT2D eigenvalue weighted by molar-refractivity contribution is 7.90. The van der Waals surface area contributed by atoms with Gasteiger partial charge in [0.25, 0.3) is 0 Å². The lowest BCUT2D eigenvalue weighted by Gasteiger charge is -2.45. The summed E-state index contributed by atoms with van der Waals surface area (Å²) in [7, 11) is -2.82. The van der Waals surface area contributed by atoms with E-state index >= 15 is 0 Å². The number of rotatable bonds is 5. The van der Waals surface area contributed by atoms with E-state index in [1.54, 1.807) is 0 Å². The van der Waals surface area contributed by atoms with Gasteiger partial charge in [-0.1, -0.05) is 13.8 Å². The molecule has 2 aliphatic rings. The van der Waals surface area contributed by atoms with Gasteiger partial charge in [0.15, 0.2) is 0 Å². The molecular weight excluding hydrogens is 260 g/mol. The van der Waals surface area contributed by atoms with Crippen LogP contribution in [-0.4, -0.2) is 68.5 Å². The van der Waals surface area contributed by atoms with Crippen LogP contribution in [0.3, 0.4) is 0 Å². The van der Waals surface area contributed by atoms with Crippen LogP contribution in [0.4, 0.5) is 0 Å². The average Bonchev–Trinajstić information content (AvgIpc) is 2.72. The second-order valence-electron chi connectivity index (χ2n) is 6.58. The molecule has 0 aromatic heterocycles. The van der Waals surface area contributed by atoms with Crippen LogP contribution in [0, 0.1) is 5.92 Å². The van der Waals surface area contributed by atoms with Gasteiger partial charge < -0.3 is 0 Å². The van der Waals surface area contributed by atoms with Gasteiger partial charge in [0.1, 0.15) is 9.84 Å². The average molecular weight is 288 g/mol. The van der Waals surface area contributed by atoms with E-state index in [1.807, 2.05) is 0 Å². The number of fused-ring (bicyclic) bond motifs is 1. The molecule has 5 heteroatoms. The topological polar surface area (TPSA) is 40.6 Å². The van der Waals surface area contributed by atoms with E-state index in [9.17, 15) is 8.42 Å². The number of sulfone groups is 1. The Morgan fingerprint density at radius 2 is 2.00 bits per heavy atom. The lowest BCUT2D eigenvalue weighted by atomic mass is 9.97. The zero-order valence-corrected chi connectivity index (χ0v) is 13.3. The van der Waals surface area contributed by atoms with Gasteiger partial charge in [-0.2, -0.15) is 0 Å². The minimum absolute atomic E-state index is 0.322. The fourth-order valence-corrected chi connectivity index (χ4v) is 4.18. The third-order valence-electron chi connectivity index (χ3n) is 4.56. The quantitative estimate of drug-likeness (QED) is 0.763. The first kappa shape index (κ1) is 15.3. The van der Waals surface area contributed by atoms with Crippen molar-refractivity contribution in [3.05, 3.63) is 0 Å². The Bertz CT molecular complexity index is 394. The highest BCUT2D eigenvalue weighted by atomic mass is 32.2. The summed E-state index contributed by atoms with van der Waals surface area (Å²) in [6.07, 6.45) is 4.75. The Morgan fingerprint density at radius 1 is 1.26 bits per heavy atom. The van der Waals surface area contributed by atoms with E-state index in [0.29, 0.717) is 23.8 Å². The Hall–Kier alpha value is -0.130. The first-order valence-corrected chi connectivity index (χ1v) is 9.58. The predicted octanol–water partition coefficient (Wildman–Crippen LogP) is 1.23. The lowest BCUT2D eigenvalue weighted by molar-refractivity contribution is 0.0297. The fraction of sp³-hybridized carbons (Fsp3) is 1.00. The fourth-order valence-electron chi connectivity index (χ4n) is 3.52. The molecule has 2 saturated heterocycles. The smallest absolute Gasteiger partial charge is 0.147 e. The first-order valence-electron chi connectivity index (χ1n) is 7.52. The zero-order valence-electron chi connectivity index (χ0n) is 12.5. The molecule has 0 aromatic carbocycles.